The minimum atomic E-state index is -1.18. The summed E-state index contributed by atoms with van der Waals surface area (Å²) in [6.07, 6.45) is -1.18. The Balaban J connectivity index is 1.89. The van der Waals surface area contributed by atoms with Crippen LogP contribution in [-0.2, 0) is 16.1 Å². The van der Waals surface area contributed by atoms with Crippen LogP contribution in [0.25, 0.3) is 0 Å². The number of nitrogens with zero attached hydrogens (tertiary/aromatic N) is 1. The summed E-state index contributed by atoms with van der Waals surface area (Å²) in [7, 11) is 0. The van der Waals surface area contributed by atoms with Crippen LogP contribution in [0.1, 0.15) is 34.1 Å². The van der Waals surface area contributed by atoms with Gasteiger partial charge in [0.15, 0.2) is 6.10 Å². The van der Waals surface area contributed by atoms with Crippen LogP contribution >= 0.6 is 11.6 Å². The fraction of sp³-hybridized carbons (Fsp3) is 0.263. The predicted octanol–water partition coefficient (Wildman–Crippen LogP) is 2.92. The van der Waals surface area contributed by atoms with Gasteiger partial charge in [-0.3, -0.25) is 10.1 Å². The number of esters is 1. The normalized spacial score (nSPS) is 11.4. The van der Waals surface area contributed by atoms with Crippen LogP contribution in [0.2, 0.25) is 5.15 Å². The van der Waals surface area contributed by atoms with E-state index in [0.717, 1.165) is 5.56 Å². The molecule has 0 radical (unpaired) electrons. The summed E-state index contributed by atoms with van der Waals surface area (Å²) in [5, 5.41) is 4.69. The molecule has 3 amide bonds. The molecule has 2 rings (SSSR count). The van der Waals surface area contributed by atoms with E-state index in [9.17, 15) is 14.4 Å². The minimum Gasteiger partial charge on any atom is -0.449 e. The van der Waals surface area contributed by atoms with Crippen molar-refractivity contribution in [3.05, 3.63) is 63.9 Å². The lowest BCUT2D eigenvalue weighted by Gasteiger charge is -2.15. The lowest BCUT2D eigenvalue weighted by atomic mass is 10.1. The summed E-state index contributed by atoms with van der Waals surface area (Å²) in [6.45, 7) is 5.07. The van der Waals surface area contributed by atoms with Crippen LogP contribution in [0.4, 0.5) is 4.79 Å². The van der Waals surface area contributed by atoms with Crippen LogP contribution in [0.5, 0.6) is 0 Å². The molecule has 0 spiro atoms. The van der Waals surface area contributed by atoms with E-state index < -0.39 is 24.0 Å². The first kappa shape index (κ1) is 20.4. The molecule has 1 aromatic carbocycles. The number of ether oxygens (including phenoxy) is 1. The maximum absolute atomic E-state index is 12.3. The summed E-state index contributed by atoms with van der Waals surface area (Å²) in [5.74, 6) is -1.53. The van der Waals surface area contributed by atoms with Crippen molar-refractivity contribution in [2.75, 3.05) is 0 Å². The number of halogens is 1. The van der Waals surface area contributed by atoms with Gasteiger partial charge in [-0.25, -0.2) is 14.6 Å². The van der Waals surface area contributed by atoms with Crippen molar-refractivity contribution in [1.82, 2.24) is 15.6 Å². The Bertz CT molecular complexity index is 832. The van der Waals surface area contributed by atoms with Gasteiger partial charge in [-0.1, -0.05) is 41.9 Å². The average molecular weight is 390 g/mol. The molecule has 0 saturated heterocycles. The Morgan fingerprint density at radius 3 is 2.48 bits per heavy atom. The molecule has 0 aliphatic carbocycles. The molecule has 7 nitrogen and oxygen atoms in total. The molecule has 0 aliphatic heterocycles. The molecule has 0 aliphatic rings. The molecule has 0 bridgehead atoms. The molecule has 0 fully saturated rings. The second kappa shape index (κ2) is 9.14. The number of benzene rings is 1. The van der Waals surface area contributed by atoms with Crippen LogP contribution in [-0.4, -0.2) is 29.0 Å². The highest BCUT2D eigenvalue weighted by molar-refractivity contribution is 6.32. The van der Waals surface area contributed by atoms with Crippen molar-refractivity contribution in [3.63, 3.8) is 0 Å². The number of carbonyl (C=O) groups is 3. The quantitative estimate of drug-likeness (QED) is 0.605. The van der Waals surface area contributed by atoms with E-state index in [1.165, 1.54) is 6.92 Å². The van der Waals surface area contributed by atoms with Crippen molar-refractivity contribution < 1.29 is 19.1 Å². The molecule has 27 heavy (non-hydrogen) atoms. The van der Waals surface area contributed by atoms with Crippen molar-refractivity contribution in [2.45, 2.75) is 33.4 Å². The molecule has 2 N–H and O–H groups in total. The second-order valence-corrected chi connectivity index (χ2v) is 6.31. The van der Waals surface area contributed by atoms with E-state index in [4.69, 9.17) is 16.3 Å². The Kier molecular flexibility index (Phi) is 6.90. The van der Waals surface area contributed by atoms with Crippen LogP contribution in [0, 0.1) is 13.8 Å². The number of pyridine rings is 1. The number of carbonyl (C=O) groups excluding carboxylic acids is 3. The number of nitrogens with one attached hydrogen (secondary N) is 2. The largest absolute Gasteiger partial charge is 0.449 e. The molecular weight excluding hydrogens is 370 g/mol. The number of imide groups is 1. The van der Waals surface area contributed by atoms with E-state index >= 15 is 0 Å². The first-order valence-electron chi connectivity index (χ1n) is 8.25. The number of urea groups is 1. The summed E-state index contributed by atoms with van der Waals surface area (Å²) >= 11 is 6.00. The number of amides is 3. The molecule has 1 aromatic heterocycles. The van der Waals surface area contributed by atoms with Gasteiger partial charge in [0.05, 0.1) is 5.56 Å². The van der Waals surface area contributed by atoms with Crippen molar-refractivity contribution >= 4 is 29.5 Å². The van der Waals surface area contributed by atoms with Gasteiger partial charge in [0.1, 0.15) is 5.15 Å². The zero-order valence-electron chi connectivity index (χ0n) is 15.2. The summed E-state index contributed by atoms with van der Waals surface area (Å²) < 4.78 is 5.11. The van der Waals surface area contributed by atoms with Crippen molar-refractivity contribution in [1.29, 1.82) is 0 Å². The van der Waals surface area contributed by atoms with E-state index in [1.807, 2.05) is 30.3 Å². The van der Waals surface area contributed by atoms with E-state index in [0.29, 0.717) is 11.3 Å². The van der Waals surface area contributed by atoms with Gasteiger partial charge in [0.2, 0.25) is 0 Å². The van der Waals surface area contributed by atoms with E-state index in [1.54, 1.807) is 19.9 Å². The van der Waals surface area contributed by atoms with Crippen LogP contribution in [0.15, 0.2) is 36.4 Å². The van der Waals surface area contributed by atoms with E-state index in [2.05, 4.69) is 15.6 Å². The van der Waals surface area contributed by atoms with Gasteiger partial charge in [0.25, 0.3) is 5.91 Å². The van der Waals surface area contributed by atoms with Crippen molar-refractivity contribution in [3.8, 4) is 0 Å². The highest BCUT2D eigenvalue weighted by Crippen LogP contribution is 2.20. The van der Waals surface area contributed by atoms with Gasteiger partial charge in [-0.2, -0.15) is 0 Å². The van der Waals surface area contributed by atoms with Crippen LogP contribution < -0.4 is 10.6 Å². The van der Waals surface area contributed by atoms with Gasteiger partial charge < -0.3 is 10.1 Å². The Hall–Kier alpha value is -2.93. The number of aryl methyl sites for hydroxylation is 2. The van der Waals surface area contributed by atoms with Gasteiger partial charge in [0, 0.05) is 12.2 Å². The lowest BCUT2D eigenvalue weighted by molar-refractivity contribution is -0.127. The van der Waals surface area contributed by atoms with Crippen molar-refractivity contribution in [2.24, 2.45) is 0 Å². The SMILES string of the molecule is Cc1cc(C)c(C(=O)O[C@@H](C)C(=O)NC(=O)NCc2ccccc2)c(Cl)n1. The zero-order valence-corrected chi connectivity index (χ0v) is 16.0. The maximum Gasteiger partial charge on any atom is 0.342 e. The fourth-order valence-corrected chi connectivity index (χ4v) is 2.70. The first-order valence-corrected chi connectivity index (χ1v) is 8.63. The zero-order chi connectivity index (χ0) is 20.0. The monoisotopic (exact) mass is 389 g/mol. The maximum atomic E-state index is 12.3. The standard InChI is InChI=1S/C19H20ClN3O4/c1-11-9-12(2)22-16(20)15(11)18(25)27-13(3)17(24)23-19(26)21-10-14-7-5-4-6-8-14/h4-9,13H,10H2,1-3H3,(H2,21,23,24,26)/t13-/m0/s1. The summed E-state index contributed by atoms with van der Waals surface area (Å²) in [6, 6.07) is 10.2. The third-order valence-corrected chi connectivity index (χ3v) is 3.96. The molecule has 1 atom stereocenters. The van der Waals surface area contributed by atoms with Gasteiger partial charge >= 0.3 is 12.0 Å². The third-order valence-electron chi connectivity index (χ3n) is 3.69. The molecule has 0 unspecified atom stereocenters. The molecular formula is C19H20ClN3O4. The minimum absolute atomic E-state index is 0.00529. The fourth-order valence-electron chi connectivity index (χ4n) is 2.35. The molecule has 2 aromatic rings. The average Bonchev–Trinajstić information content (AvgIpc) is 2.59. The highest BCUT2D eigenvalue weighted by Gasteiger charge is 2.24. The Labute approximate surface area is 162 Å². The highest BCUT2D eigenvalue weighted by atomic mass is 35.5. The lowest BCUT2D eigenvalue weighted by Crippen LogP contribution is -2.44. The number of hydrogen-bond acceptors (Lipinski definition) is 5. The van der Waals surface area contributed by atoms with Gasteiger partial charge in [-0.15, -0.1) is 0 Å². The topological polar surface area (TPSA) is 97.4 Å². The molecule has 0 saturated carbocycles. The predicted molar refractivity (Wildman–Crippen MR) is 100 cm³/mol. The third kappa shape index (κ3) is 5.79. The Morgan fingerprint density at radius 2 is 1.85 bits per heavy atom. The second-order valence-electron chi connectivity index (χ2n) is 5.95. The van der Waals surface area contributed by atoms with Gasteiger partial charge in [-0.05, 0) is 38.0 Å². The Morgan fingerprint density at radius 1 is 1.19 bits per heavy atom. The summed E-state index contributed by atoms with van der Waals surface area (Å²) in [5.41, 5.74) is 2.23. The summed E-state index contributed by atoms with van der Waals surface area (Å²) in [4.78, 5) is 40.2. The number of aromatic nitrogens is 1. The molecule has 8 heteroatoms. The number of hydrogen-bond donors (Lipinski definition) is 2. The first-order chi connectivity index (χ1) is 12.8. The van der Waals surface area contributed by atoms with Crippen LogP contribution in [0.3, 0.4) is 0 Å². The van der Waals surface area contributed by atoms with E-state index in [-0.39, 0.29) is 17.3 Å². The molecule has 1 heterocycles. The smallest absolute Gasteiger partial charge is 0.342 e. The number of rotatable bonds is 5. The molecule has 142 valence electrons.